The van der Waals surface area contributed by atoms with Crippen LogP contribution in [0.2, 0.25) is 0 Å². The smallest absolute Gasteiger partial charge is 0.164 e. The van der Waals surface area contributed by atoms with Gasteiger partial charge in [-0.3, -0.25) is 0 Å². The van der Waals surface area contributed by atoms with E-state index < -0.39 is 0 Å². The lowest BCUT2D eigenvalue weighted by atomic mass is 9.97. The Morgan fingerprint density at radius 3 is 1.65 bits per heavy atom. The Balaban J connectivity index is 1.15. The average Bonchev–Trinajstić information content (AvgIpc) is 3.59. The Morgan fingerprint density at radius 1 is 0.314 bits per heavy atom. The second-order valence-electron chi connectivity index (χ2n) is 12.8. The van der Waals surface area contributed by atoms with Crippen molar-refractivity contribution in [3.8, 4) is 56.4 Å². The van der Waals surface area contributed by atoms with E-state index in [4.69, 9.17) is 19.4 Å². The fourth-order valence-electron chi connectivity index (χ4n) is 7.19. The quantitative estimate of drug-likeness (QED) is 0.186. The number of para-hydroxylation sites is 1. The van der Waals surface area contributed by atoms with Gasteiger partial charge in [0.15, 0.2) is 17.5 Å². The van der Waals surface area contributed by atoms with Crippen molar-refractivity contribution in [1.29, 1.82) is 0 Å². The molecule has 10 rings (SSSR count). The summed E-state index contributed by atoms with van der Waals surface area (Å²) in [5.41, 5.74) is 8.95. The predicted octanol–water partition coefficient (Wildman–Crippen LogP) is 12.4. The summed E-state index contributed by atoms with van der Waals surface area (Å²) >= 11 is 0. The second-order valence-corrected chi connectivity index (χ2v) is 12.8. The van der Waals surface area contributed by atoms with E-state index >= 15 is 0 Å². The maximum absolute atomic E-state index is 6.26. The summed E-state index contributed by atoms with van der Waals surface area (Å²) in [6, 6.07) is 61.1. The first-order valence-electron chi connectivity index (χ1n) is 17.1. The van der Waals surface area contributed by atoms with Gasteiger partial charge in [-0.15, -0.1) is 0 Å². The zero-order valence-corrected chi connectivity index (χ0v) is 27.5. The molecule has 0 fully saturated rings. The molecule has 4 heteroatoms. The van der Waals surface area contributed by atoms with Crippen molar-refractivity contribution in [2.45, 2.75) is 0 Å². The van der Waals surface area contributed by atoms with Crippen molar-refractivity contribution < 1.29 is 4.42 Å². The highest BCUT2D eigenvalue weighted by Crippen LogP contribution is 2.38. The SMILES string of the molecule is c1ccc(-c2ccccc2-c2nc(-c3ccc4cc(-c5ccc6ccccc6c5)ccc4c3)nc(-c3cccc4oc5ccccc5c34)n2)cc1. The Bertz CT molecular complexity index is 2930. The number of aromatic nitrogens is 3. The van der Waals surface area contributed by atoms with Crippen molar-refractivity contribution in [2.24, 2.45) is 0 Å². The standard InChI is InChI=1S/C47H29N3O/c1-2-12-31(13-3-1)38-15-6-7-16-39(38)46-48-45(49-47(50-46)41-18-10-20-43-44(41)40-17-8-9-19-42(40)51-43)37-26-25-35-28-34(23-24-36(35)29-37)33-22-21-30-11-4-5-14-32(30)27-33/h1-29H. The zero-order chi connectivity index (χ0) is 33.7. The highest BCUT2D eigenvalue weighted by Gasteiger charge is 2.19. The van der Waals surface area contributed by atoms with Gasteiger partial charge in [0.25, 0.3) is 0 Å². The Hall–Kier alpha value is -6.91. The molecule has 0 spiro atoms. The Morgan fingerprint density at radius 2 is 0.843 bits per heavy atom. The molecule has 0 saturated carbocycles. The zero-order valence-electron chi connectivity index (χ0n) is 27.5. The monoisotopic (exact) mass is 651 g/mol. The van der Waals surface area contributed by atoms with Gasteiger partial charge in [0.05, 0.1) is 0 Å². The molecule has 0 atom stereocenters. The van der Waals surface area contributed by atoms with Crippen molar-refractivity contribution >= 4 is 43.5 Å². The summed E-state index contributed by atoms with van der Waals surface area (Å²) in [6.45, 7) is 0. The minimum atomic E-state index is 0.599. The number of hydrogen-bond acceptors (Lipinski definition) is 4. The van der Waals surface area contributed by atoms with E-state index in [0.29, 0.717) is 17.5 Å². The average molecular weight is 652 g/mol. The van der Waals surface area contributed by atoms with Crippen LogP contribution in [0.1, 0.15) is 0 Å². The van der Waals surface area contributed by atoms with E-state index in [1.54, 1.807) is 0 Å². The van der Waals surface area contributed by atoms with E-state index in [1.165, 1.54) is 21.9 Å². The van der Waals surface area contributed by atoms with Crippen LogP contribution >= 0.6 is 0 Å². The van der Waals surface area contributed by atoms with Crippen LogP contribution < -0.4 is 0 Å². The van der Waals surface area contributed by atoms with Gasteiger partial charge in [-0.25, -0.2) is 15.0 Å². The molecule has 0 aliphatic rings. The molecular formula is C47H29N3O. The van der Waals surface area contributed by atoms with Crippen molar-refractivity contribution in [3.05, 3.63) is 176 Å². The highest BCUT2D eigenvalue weighted by atomic mass is 16.3. The maximum atomic E-state index is 6.26. The number of fused-ring (bicyclic) bond motifs is 5. The van der Waals surface area contributed by atoms with Crippen molar-refractivity contribution in [3.63, 3.8) is 0 Å². The number of furan rings is 1. The van der Waals surface area contributed by atoms with Crippen LogP contribution in [0.3, 0.4) is 0 Å². The molecule has 10 aromatic rings. The van der Waals surface area contributed by atoms with Crippen LogP contribution in [0.15, 0.2) is 180 Å². The maximum Gasteiger partial charge on any atom is 0.164 e. The fourth-order valence-corrected chi connectivity index (χ4v) is 7.19. The predicted molar refractivity (Wildman–Crippen MR) is 209 cm³/mol. The molecular weight excluding hydrogens is 623 g/mol. The topological polar surface area (TPSA) is 51.8 Å². The van der Waals surface area contributed by atoms with Crippen LogP contribution in [-0.4, -0.2) is 15.0 Å². The third-order valence-corrected chi connectivity index (χ3v) is 9.71. The lowest BCUT2D eigenvalue weighted by Gasteiger charge is -2.13. The van der Waals surface area contributed by atoms with Crippen LogP contribution in [0.25, 0.3) is 99.9 Å². The van der Waals surface area contributed by atoms with Gasteiger partial charge in [-0.05, 0) is 74.1 Å². The van der Waals surface area contributed by atoms with Gasteiger partial charge >= 0.3 is 0 Å². The molecule has 0 amide bonds. The summed E-state index contributed by atoms with van der Waals surface area (Å²) in [4.78, 5) is 15.5. The third kappa shape index (κ3) is 5.13. The van der Waals surface area contributed by atoms with Crippen LogP contribution in [0.5, 0.6) is 0 Å². The number of hydrogen-bond donors (Lipinski definition) is 0. The van der Waals surface area contributed by atoms with Crippen LogP contribution in [-0.2, 0) is 0 Å². The molecule has 0 unspecified atom stereocenters. The number of nitrogens with zero attached hydrogens (tertiary/aromatic N) is 3. The lowest BCUT2D eigenvalue weighted by Crippen LogP contribution is -2.01. The van der Waals surface area contributed by atoms with Gasteiger partial charge in [-0.2, -0.15) is 0 Å². The molecule has 0 aliphatic carbocycles. The highest BCUT2D eigenvalue weighted by molar-refractivity contribution is 6.11. The first-order chi connectivity index (χ1) is 25.2. The lowest BCUT2D eigenvalue weighted by molar-refractivity contribution is 0.669. The Kier molecular flexibility index (Phi) is 6.78. The van der Waals surface area contributed by atoms with Crippen molar-refractivity contribution in [1.82, 2.24) is 15.0 Å². The van der Waals surface area contributed by atoms with Gasteiger partial charge in [-0.1, -0.05) is 146 Å². The summed E-state index contributed by atoms with van der Waals surface area (Å²) < 4.78 is 6.26. The Labute approximate surface area is 294 Å². The molecule has 4 nitrogen and oxygen atoms in total. The van der Waals surface area contributed by atoms with Crippen LogP contribution in [0, 0.1) is 0 Å². The van der Waals surface area contributed by atoms with Gasteiger partial charge in [0, 0.05) is 27.5 Å². The van der Waals surface area contributed by atoms with Crippen LogP contribution in [0.4, 0.5) is 0 Å². The van der Waals surface area contributed by atoms with Crippen molar-refractivity contribution in [2.75, 3.05) is 0 Å². The van der Waals surface area contributed by atoms with Gasteiger partial charge in [0.2, 0.25) is 0 Å². The summed E-state index contributed by atoms with van der Waals surface area (Å²) in [5.74, 6) is 1.83. The second kappa shape index (κ2) is 11.9. The van der Waals surface area contributed by atoms with E-state index in [0.717, 1.165) is 60.5 Å². The van der Waals surface area contributed by atoms with E-state index in [2.05, 4.69) is 133 Å². The fraction of sp³-hybridized carbons (Fsp3) is 0. The number of benzene rings is 8. The number of rotatable bonds is 5. The van der Waals surface area contributed by atoms with E-state index in [9.17, 15) is 0 Å². The molecule has 0 radical (unpaired) electrons. The minimum Gasteiger partial charge on any atom is -0.456 e. The van der Waals surface area contributed by atoms with Gasteiger partial charge < -0.3 is 4.42 Å². The summed E-state index contributed by atoms with van der Waals surface area (Å²) in [7, 11) is 0. The first-order valence-corrected chi connectivity index (χ1v) is 17.1. The molecule has 51 heavy (non-hydrogen) atoms. The van der Waals surface area contributed by atoms with Gasteiger partial charge in [0.1, 0.15) is 11.2 Å². The molecule has 2 aromatic heterocycles. The molecule has 0 aliphatic heterocycles. The summed E-state index contributed by atoms with van der Waals surface area (Å²) in [6.07, 6.45) is 0. The first kappa shape index (κ1) is 29.0. The largest absolute Gasteiger partial charge is 0.456 e. The minimum absolute atomic E-state index is 0.599. The molecule has 8 aromatic carbocycles. The summed E-state index contributed by atoms with van der Waals surface area (Å²) in [5, 5.41) is 6.78. The van der Waals surface area contributed by atoms with E-state index in [1.807, 2.05) is 42.5 Å². The van der Waals surface area contributed by atoms with E-state index in [-0.39, 0.29) is 0 Å². The molecule has 238 valence electrons. The third-order valence-electron chi connectivity index (χ3n) is 9.71. The molecule has 2 heterocycles. The normalized spacial score (nSPS) is 11.5. The molecule has 0 bridgehead atoms. The molecule has 0 N–H and O–H groups in total. The molecule has 0 saturated heterocycles.